The van der Waals surface area contributed by atoms with Crippen LogP contribution in [0.1, 0.15) is 239 Å². The van der Waals surface area contributed by atoms with Crippen molar-refractivity contribution >= 4 is 17.9 Å². The standard InChI is InChI=1S/C53H92O6/c1-4-7-10-13-16-19-22-24-26-28-31-34-37-40-43-46-52(55)58-49-50(48-57-51(54)45-42-39-36-33-30-21-18-15-12-9-6-3)59-53(56)47-44-41-38-35-32-29-27-25-23-20-17-14-11-8-5-2/h8,11,15,17-20,22,25,27,50H,4-7,9-10,12-14,16,21,23-24,26,28-49H2,1-3H3/b11-8-,18-15-,20-17-,22-19-,27-25-/t50-/m0/s1. The molecule has 0 N–H and O–H groups in total. The Balaban J connectivity index is 4.41. The third kappa shape index (κ3) is 46.0. The van der Waals surface area contributed by atoms with E-state index in [1.807, 2.05) is 0 Å². The predicted octanol–water partition coefficient (Wildman–Crippen LogP) is 16.1. The van der Waals surface area contributed by atoms with E-state index in [0.717, 1.165) is 103 Å². The van der Waals surface area contributed by atoms with Crippen LogP contribution in [0.4, 0.5) is 0 Å². The number of esters is 3. The van der Waals surface area contributed by atoms with Crippen LogP contribution in [0.2, 0.25) is 0 Å². The summed E-state index contributed by atoms with van der Waals surface area (Å²) in [6.45, 7) is 6.45. The maximum atomic E-state index is 12.8. The van der Waals surface area contributed by atoms with Crippen molar-refractivity contribution in [2.75, 3.05) is 13.2 Å². The maximum Gasteiger partial charge on any atom is 0.306 e. The first-order valence-electron chi connectivity index (χ1n) is 24.8. The van der Waals surface area contributed by atoms with Crippen molar-refractivity contribution < 1.29 is 28.6 Å². The van der Waals surface area contributed by atoms with E-state index in [9.17, 15) is 14.4 Å². The van der Waals surface area contributed by atoms with Crippen molar-refractivity contribution in [1.82, 2.24) is 0 Å². The third-order valence-electron chi connectivity index (χ3n) is 10.5. The second-order valence-corrected chi connectivity index (χ2v) is 16.3. The van der Waals surface area contributed by atoms with Crippen LogP contribution in [0.15, 0.2) is 60.8 Å². The average Bonchev–Trinajstić information content (AvgIpc) is 3.23. The molecule has 0 aliphatic heterocycles. The molecule has 0 aromatic rings. The lowest BCUT2D eigenvalue weighted by atomic mass is 10.1. The van der Waals surface area contributed by atoms with Gasteiger partial charge in [-0.05, 0) is 96.3 Å². The number of carbonyl (C=O) groups excluding carboxylic acids is 3. The van der Waals surface area contributed by atoms with E-state index in [2.05, 4.69) is 81.5 Å². The topological polar surface area (TPSA) is 78.9 Å². The van der Waals surface area contributed by atoms with Crippen molar-refractivity contribution in [2.45, 2.75) is 245 Å². The van der Waals surface area contributed by atoms with E-state index in [1.165, 1.54) is 96.3 Å². The summed E-state index contributed by atoms with van der Waals surface area (Å²) in [6.07, 6.45) is 57.7. The fraction of sp³-hybridized carbons (Fsp3) is 0.755. The summed E-state index contributed by atoms with van der Waals surface area (Å²) in [7, 11) is 0. The minimum Gasteiger partial charge on any atom is -0.462 e. The van der Waals surface area contributed by atoms with Gasteiger partial charge < -0.3 is 14.2 Å². The van der Waals surface area contributed by atoms with E-state index in [-0.39, 0.29) is 31.1 Å². The van der Waals surface area contributed by atoms with Gasteiger partial charge in [0, 0.05) is 19.3 Å². The molecule has 1 atom stereocenters. The molecule has 0 heterocycles. The third-order valence-corrected chi connectivity index (χ3v) is 10.5. The van der Waals surface area contributed by atoms with Gasteiger partial charge >= 0.3 is 17.9 Å². The lowest BCUT2D eigenvalue weighted by molar-refractivity contribution is -0.167. The number of ether oxygens (including phenoxy) is 3. The molecule has 6 nitrogen and oxygen atoms in total. The van der Waals surface area contributed by atoms with Crippen LogP contribution in [0.3, 0.4) is 0 Å². The van der Waals surface area contributed by atoms with E-state index >= 15 is 0 Å². The first-order chi connectivity index (χ1) is 29.0. The zero-order chi connectivity index (χ0) is 43.0. The summed E-state index contributed by atoms with van der Waals surface area (Å²) in [6, 6.07) is 0. The van der Waals surface area contributed by atoms with Crippen molar-refractivity contribution in [2.24, 2.45) is 0 Å². The molecule has 0 rings (SSSR count). The highest BCUT2D eigenvalue weighted by atomic mass is 16.6. The van der Waals surface area contributed by atoms with Gasteiger partial charge in [0.2, 0.25) is 0 Å². The Labute approximate surface area is 364 Å². The normalized spacial score (nSPS) is 12.5. The van der Waals surface area contributed by atoms with Crippen LogP contribution >= 0.6 is 0 Å². The van der Waals surface area contributed by atoms with Gasteiger partial charge in [0.25, 0.3) is 0 Å². The summed E-state index contributed by atoms with van der Waals surface area (Å²) in [5, 5.41) is 0. The van der Waals surface area contributed by atoms with Crippen LogP contribution in [0, 0.1) is 0 Å². The summed E-state index contributed by atoms with van der Waals surface area (Å²) in [5.41, 5.74) is 0. The van der Waals surface area contributed by atoms with Crippen molar-refractivity contribution in [3.8, 4) is 0 Å². The number of allylic oxidation sites excluding steroid dienone is 10. The Morgan fingerprint density at radius 3 is 1.10 bits per heavy atom. The van der Waals surface area contributed by atoms with Crippen LogP contribution in [0.25, 0.3) is 0 Å². The summed E-state index contributed by atoms with van der Waals surface area (Å²) < 4.78 is 16.7. The number of rotatable bonds is 44. The highest BCUT2D eigenvalue weighted by Crippen LogP contribution is 2.14. The molecule has 0 aromatic carbocycles. The molecule has 0 saturated heterocycles. The molecule has 6 heteroatoms. The highest BCUT2D eigenvalue weighted by Gasteiger charge is 2.19. The molecule has 0 unspecified atom stereocenters. The van der Waals surface area contributed by atoms with Gasteiger partial charge in [-0.3, -0.25) is 14.4 Å². The molecule has 0 radical (unpaired) electrons. The quantitative estimate of drug-likeness (QED) is 0.0263. The number of carbonyl (C=O) groups is 3. The Hall–Kier alpha value is -2.89. The van der Waals surface area contributed by atoms with Gasteiger partial charge in [0.1, 0.15) is 13.2 Å². The van der Waals surface area contributed by atoms with Gasteiger partial charge in [-0.1, -0.05) is 184 Å². The first kappa shape index (κ1) is 56.1. The monoisotopic (exact) mass is 825 g/mol. The predicted molar refractivity (Wildman–Crippen MR) is 251 cm³/mol. The molecular weight excluding hydrogens is 733 g/mol. The van der Waals surface area contributed by atoms with Crippen LogP contribution in [-0.2, 0) is 28.6 Å². The van der Waals surface area contributed by atoms with Gasteiger partial charge in [-0.2, -0.15) is 0 Å². The fourth-order valence-corrected chi connectivity index (χ4v) is 6.73. The maximum absolute atomic E-state index is 12.8. The van der Waals surface area contributed by atoms with E-state index in [0.29, 0.717) is 19.3 Å². The van der Waals surface area contributed by atoms with Gasteiger partial charge in [-0.15, -0.1) is 0 Å². The largest absolute Gasteiger partial charge is 0.462 e. The second-order valence-electron chi connectivity index (χ2n) is 16.3. The van der Waals surface area contributed by atoms with E-state index in [4.69, 9.17) is 14.2 Å². The minimum atomic E-state index is -0.786. The number of hydrogen-bond donors (Lipinski definition) is 0. The Bertz CT molecular complexity index is 1090. The first-order valence-corrected chi connectivity index (χ1v) is 24.8. The summed E-state index contributed by atoms with van der Waals surface area (Å²) >= 11 is 0. The van der Waals surface area contributed by atoms with Crippen LogP contribution in [-0.4, -0.2) is 37.2 Å². The molecule has 0 bridgehead atoms. The molecular formula is C53H92O6. The highest BCUT2D eigenvalue weighted by molar-refractivity contribution is 5.71. The molecule has 0 aromatic heterocycles. The van der Waals surface area contributed by atoms with Crippen molar-refractivity contribution in [1.29, 1.82) is 0 Å². The van der Waals surface area contributed by atoms with E-state index < -0.39 is 6.10 Å². The van der Waals surface area contributed by atoms with Crippen LogP contribution < -0.4 is 0 Å². The SMILES string of the molecule is CC/C=C\C/C=C\C/C=C\CCCCCCCC(=O)O[C@@H](COC(=O)CCCCCCC/C=C\CCCC)COC(=O)CCCCCCCCC/C=C\CCCCCC. The number of hydrogen-bond acceptors (Lipinski definition) is 6. The summed E-state index contributed by atoms with van der Waals surface area (Å²) in [5.74, 6) is -0.917. The van der Waals surface area contributed by atoms with Crippen molar-refractivity contribution in [3.05, 3.63) is 60.8 Å². The van der Waals surface area contributed by atoms with Gasteiger partial charge in [0.15, 0.2) is 6.10 Å². The number of unbranched alkanes of at least 4 members (excludes halogenated alkanes) is 23. The zero-order valence-electron chi connectivity index (χ0n) is 38.8. The Morgan fingerprint density at radius 2 is 0.678 bits per heavy atom. The second kappa shape index (κ2) is 47.8. The average molecular weight is 825 g/mol. The summed E-state index contributed by atoms with van der Waals surface area (Å²) in [4.78, 5) is 37.9. The van der Waals surface area contributed by atoms with Gasteiger partial charge in [-0.25, -0.2) is 0 Å². The molecule has 0 amide bonds. The zero-order valence-corrected chi connectivity index (χ0v) is 38.8. The molecule has 0 spiro atoms. The Morgan fingerprint density at radius 1 is 0.356 bits per heavy atom. The Kier molecular flexibility index (Phi) is 45.4. The molecule has 340 valence electrons. The van der Waals surface area contributed by atoms with Crippen LogP contribution in [0.5, 0.6) is 0 Å². The fourth-order valence-electron chi connectivity index (χ4n) is 6.73. The smallest absolute Gasteiger partial charge is 0.306 e. The lowest BCUT2D eigenvalue weighted by Crippen LogP contribution is -2.30. The van der Waals surface area contributed by atoms with Gasteiger partial charge in [0.05, 0.1) is 0 Å². The molecule has 0 aliphatic carbocycles. The van der Waals surface area contributed by atoms with E-state index in [1.54, 1.807) is 0 Å². The molecule has 0 aliphatic rings. The molecule has 59 heavy (non-hydrogen) atoms. The lowest BCUT2D eigenvalue weighted by Gasteiger charge is -2.18. The molecule has 0 fully saturated rings. The van der Waals surface area contributed by atoms with Crippen molar-refractivity contribution in [3.63, 3.8) is 0 Å². The molecule has 0 saturated carbocycles. The minimum absolute atomic E-state index is 0.0862.